The van der Waals surface area contributed by atoms with E-state index in [1.54, 1.807) is 11.9 Å². The zero-order valence-corrected chi connectivity index (χ0v) is 7.94. The predicted octanol–water partition coefficient (Wildman–Crippen LogP) is 0.719. The summed E-state index contributed by atoms with van der Waals surface area (Å²) in [5.74, 6) is 0.617. The Hall–Kier alpha value is -1.10. The van der Waals surface area contributed by atoms with Crippen LogP contribution >= 0.6 is 12.2 Å². The van der Waals surface area contributed by atoms with E-state index < -0.39 is 0 Å². The molecule has 1 saturated heterocycles. The van der Waals surface area contributed by atoms with Gasteiger partial charge in [0, 0.05) is 13.6 Å². The lowest BCUT2D eigenvalue weighted by atomic mass is 10.5. The van der Waals surface area contributed by atoms with Crippen LogP contribution in [0.2, 0.25) is 0 Å². The standard InChI is InChI=1S/C7H11N3OS/c1-4-10-5(2)9(3)6(11)8-7(10)12/h2,4H2,1,3H3,(H,8,11,12). The van der Waals surface area contributed by atoms with E-state index in [4.69, 9.17) is 12.2 Å². The van der Waals surface area contributed by atoms with Crippen molar-refractivity contribution in [1.29, 1.82) is 0 Å². The highest BCUT2D eigenvalue weighted by atomic mass is 32.1. The molecule has 66 valence electrons. The summed E-state index contributed by atoms with van der Waals surface area (Å²) in [6.07, 6.45) is 0. The van der Waals surface area contributed by atoms with Crippen LogP contribution in [0.25, 0.3) is 0 Å². The van der Waals surface area contributed by atoms with Crippen LogP contribution in [0.3, 0.4) is 0 Å². The minimum Gasteiger partial charge on any atom is -0.305 e. The fourth-order valence-corrected chi connectivity index (χ4v) is 1.31. The Balaban J connectivity index is 2.86. The number of carbonyl (C=O) groups excluding carboxylic acids is 1. The van der Waals surface area contributed by atoms with Crippen molar-refractivity contribution in [2.24, 2.45) is 0 Å². The first-order chi connectivity index (χ1) is 5.57. The maximum absolute atomic E-state index is 11.1. The fraction of sp³-hybridized carbons (Fsp3) is 0.429. The van der Waals surface area contributed by atoms with Gasteiger partial charge in [-0.1, -0.05) is 6.58 Å². The summed E-state index contributed by atoms with van der Waals surface area (Å²) in [5, 5.41) is 2.97. The molecule has 1 aliphatic rings. The molecule has 0 radical (unpaired) electrons. The summed E-state index contributed by atoms with van der Waals surface area (Å²) < 4.78 is 0. The summed E-state index contributed by atoms with van der Waals surface area (Å²) in [5.41, 5.74) is 0. The molecule has 1 N–H and O–H groups in total. The molecule has 1 heterocycles. The maximum atomic E-state index is 11.1. The second-order valence-corrected chi connectivity index (χ2v) is 2.84. The number of nitrogens with one attached hydrogen (secondary N) is 1. The largest absolute Gasteiger partial charge is 0.328 e. The first-order valence-electron chi connectivity index (χ1n) is 3.63. The average molecular weight is 185 g/mol. The van der Waals surface area contributed by atoms with Gasteiger partial charge in [-0.05, 0) is 19.1 Å². The quantitative estimate of drug-likeness (QED) is 0.611. The second-order valence-electron chi connectivity index (χ2n) is 2.45. The van der Waals surface area contributed by atoms with Gasteiger partial charge in [0.1, 0.15) is 5.82 Å². The lowest BCUT2D eigenvalue weighted by Crippen LogP contribution is -2.55. The zero-order chi connectivity index (χ0) is 9.30. The van der Waals surface area contributed by atoms with Gasteiger partial charge in [-0.2, -0.15) is 0 Å². The summed E-state index contributed by atoms with van der Waals surface area (Å²) in [6.45, 7) is 6.41. The molecule has 0 aromatic rings. The highest BCUT2D eigenvalue weighted by molar-refractivity contribution is 7.80. The summed E-state index contributed by atoms with van der Waals surface area (Å²) in [7, 11) is 1.65. The van der Waals surface area contributed by atoms with Crippen LogP contribution < -0.4 is 5.32 Å². The predicted molar refractivity (Wildman–Crippen MR) is 50.4 cm³/mol. The summed E-state index contributed by atoms with van der Waals surface area (Å²) in [6, 6.07) is -0.227. The van der Waals surface area contributed by atoms with Crippen LogP contribution in [-0.2, 0) is 0 Å². The van der Waals surface area contributed by atoms with Crippen LogP contribution in [0, 0.1) is 0 Å². The van der Waals surface area contributed by atoms with Crippen molar-refractivity contribution >= 4 is 23.4 Å². The van der Waals surface area contributed by atoms with E-state index >= 15 is 0 Å². The highest BCUT2D eigenvalue weighted by Crippen LogP contribution is 2.11. The van der Waals surface area contributed by atoms with Gasteiger partial charge in [0.15, 0.2) is 5.11 Å². The van der Waals surface area contributed by atoms with Gasteiger partial charge in [0.25, 0.3) is 0 Å². The number of thiocarbonyl (C=S) groups is 1. The Labute approximate surface area is 76.8 Å². The van der Waals surface area contributed by atoms with E-state index in [2.05, 4.69) is 11.9 Å². The molecule has 0 spiro atoms. The molecule has 1 rings (SSSR count). The van der Waals surface area contributed by atoms with Gasteiger partial charge in [0.2, 0.25) is 0 Å². The lowest BCUT2D eigenvalue weighted by molar-refractivity contribution is 0.206. The van der Waals surface area contributed by atoms with Crippen LogP contribution in [0.15, 0.2) is 12.4 Å². The highest BCUT2D eigenvalue weighted by Gasteiger charge is 2.26. The molecular weight excluding hydrogens is 174 g/mol. The molecule has 0 saturated carbocycles. The van der Waals surface area contributed by atoms with Crippen molar-refractivity contribution in [2.45, 2.75) is 6.92 Å². The zero-order valence-electron chi connectivity index (χ0n) is 7.13. The van der Waals surface area contributed by atoms with Crippen LogP contribution in [0.5, 0.6) is 0 Å². The van der Waals surface area contributed by atoms with Crippen molar-refractivity contribution in [3.63, 3.8) is 0 Å². The molecule has 0 bridgehead atoms. The third kappa shape index (κ3) is 1.27. The Kier molecular flexibility index (Phi) is 2.32. The molecule has 2 amide bonds. The molecule has 0 aromatic carbocycles. The fourth-order valence-electron chi connectivity index (χ4n) is 0.984. The molecule has 1 fully saturated rings. The SMILES string of the molecule is C=C1N(C)C(=O)NC(=S)N1CC. The molecule has 5 heteroatoms. The smallest absolute Gasteiger partial charge is 0.305 e. The first-order valence-corrected chi connectivity index (χ1v) is 4.04. The number of carbonyl (C=O) groups is 1. The molecule has 0 aromatic heterocycles. The van der Waals surface area contributed by atoms with Crippen LogP contribution in [0.4, 0.5) is 4.79 Å². The number of hydrogen-bond acceptors (Lipinski definition) is 2. The normalized spacial score (nSPS) is 18.3. The molecule has 0 unspecified atom stereocenters. The van der Waals surface area contributed by atoms with E-state index in [1.807, 2.05) is 6.92 Å². The Morgan fingerprint density at radius 1 is 1.67 bits per heavy atom. The van der Waals surface area contributed by atoms with Gasteiger partial charge in [-0.25, -0.2) is 4.79 Å². The number of rotatable bonds is 1. The maximum Gasteiger partial charge on any atom is 0.328 e. The van der Waals surface area contributed by atoms with E-state index in [9.17, 15) is 4.79 Å². The third-order valence-electron chi connectivity index (χ3n) is 1.78. The van der Waals surface area contributed by atoms with Crippen molar-refractivity contribution in [3.05, 3.63) is 12.4 Å². The first kappa shape index (κ1) is 8.99. The third-order valence-corrected chi connectivity index (χ3v) is 2.10. The van der Waals surface area contributed by atoms with Crippen molar-refractivity contribution in [3.8, 4) is 0 Å². The molecule has 1 aliphatic heterocycles. The number of nitrogens with zero attached hydrogens (tertiary/aromatic N) is 2. The van der Waals surface area contributed by atoms with E-state index in [-0.39, 0.29) is 6.03 Å². The van der Waals surface area contributed by atoms with Gasteiger partial charge in [-0.3, -0.25) is 10.2 Å². The van der Waals surface area contributed by atoms with E-state index in [0.29, 0.717) is 17.5 Å². The summed E-state index contributed by atoms with van der Waals surface area (Å²) >= 11 is 4.94. The lowest BCUT2D eigenvalue weighted by Gasteiger charge is -2.36. The molecule has 12 heavy (non-hydrogen) atoms. The van der Waals surface area contributed by atoms with Crippen LogP contribution in [0.1, 0.15) is 6.92 Å². The molecular formula is C7H11N3OS. The topological polar surface area (TPSA) is 35.6 Å². The number of hydrogen-bond donors (Lipinski definition) is 1. The van der Waals surface area contributed by atoms with Crippen molar-refractivity contribution < 1.29 is 4.79 Å². The average Bonchev–Trinajstić information content (AvgIpc) is 2.01. The Morgan fingerprint density at radius 3 is 2.75 bits per heavy atom. The molecule has 4 nitrogen and oxygen atoms in total. The Bertz CT molecular complexity index is 251. The minimum atomic E-state index is -0.227. The molecule has 0 aliphatic carbocycles. The minimum absolute atomic E-state index is 0.227. The Morgan fingerprint density at radius 2 is 2.25 bits per heavy atom. The van der Waals surface area contributed by atoms with Crippen molar-refractivity contribution in [2.75, 3.05) is 13.6 Å². The van der Waals surface area contributed by atoms with Gasteiger partial charge < -0.3 is 4.90 Å². The van der Waals surface area contributed by atoms with Crippen molar-refractivity contribution in [1.82, 2.24) is 15.1 Å². The summed E-state index contributed by atoms with van der Waals surface area (Å²) in [4.78, 5) is 14.3. The van der Waals surface area contributed by atoms with E-state index in [1.165, 1.54) is 4.90 Å². The van der Waals surface area contributed by atoms with Gasteiger partial charge in [-0.15, -0.1) is 0 Å². The van der Waals surface area contributed by atoms with E-state index in [0.717, 1.165) is 0 Å². The second kappa shape index (κ2) is 3.10. The number of amides is 2. The van der Waals surface area contributed by atoms with Gasteiger partial charge >= 0.3 is 6.03 Å². The number of urea groups is 1. The molecule has 0 atom stereocenters. The monoisotopic (exact) mass is 185 g/mol. The van der Waals surface area contributed by atoms with Gasteiger partial charge in [0.05, 0.1) is 0 Å². The van der Waals surface area contributed by atoms with Crippen LogP contribution in [-0.4, -0.2) is 34.5 Å².